The molecule has 0 rings (SSSR count). The summed E-state index contributed by atoms with van der Waals surface area (Å²) < 4.78 is 16.9. The molecule has 0 N–H and O–H groups in total. The fourth-order valence-electron chi connectivity index (χ4n) is 9.08. The maximum Gasteiger partial charge on any atom is 0.306 e. The van der Waals surface area contributed by atoms with Gasteiger partial charge >= 0.3 is 17.9 Å². The highest BCUT2D eigenvalue weighted by Crippen LogP contribution is 2.17. The number of esters is 3. The number of allylic oxidation sites excluding steroid dienone is 4. The van der Waals surface area contributed by atoms with Gasteiger partial charge < -0.3 is 14.2 Å². The van der Waals surface area contributed by atoms with E-state index < -0.39 is 6.10 Å². The van der Waals surface area contributed by atoms with Crippen LogP contribution in [0.15, 0.2) is 24.3 Å². The lowest BCUT2D eigenvalue weighted by Gasteiger charge is -2.18. The average Bonchev–Trinajstić information content (AvgIpc) is 3.34. The molecule has 0 aliphatic rings. The molecule has 0 aromatic carbocycles. The van der Waals surface area contributed by atoms with Crippen LogP contribution in [0.25, 0.3) is 0 Å². The van der Waals surface area contributed by atoms with Gasteiger partial charge in [0.25, 0.3) is 0 Å². The minimum absolute atomic E-state index is 0.0710. The second-order valence-corrected chi connectivity index (χ2v) is 20.6. The van der Waals surface area contributed by atoms with Crippen molar-refractivity contribution in [1.82, 2.24) is 0 Å². The van der Waals surface area contributed by atoms with Crippen LogP contribution in [0.2, 0.25) is 0 Å². The number of carbonyl (C=O) groups is 3. The molecular weight excluding hydrogens is 841 g/mol. The topological polar surface area (TPSA) is 78.9 Å². The van der Waals surface area contributed by atoms with E-state index in [1.807, 2.05) is 0 Å². The summed E-state index contributed by atoms with van der Waals surface area (Å²) in [6, 6.07) is 0. The average molecular weight is 958 g/mol. The lowest BCUT2D eigenvalue weighted by atomic mass is 10.0. The number of unbranched alkanes of at least 4 members (excludes halogenated alkanes) is 41. The third kappa shape index (κ3) is 54.8. The van der Waals surface area contributed by atoms with Crippen molar-refractivity contribution in [1.29, 1.82) is 0 Å². The molecule has 0 aliphatic heterocycles. The minimum Gasteiger partial charge on any atom is -0.462 e. The summed E-state index contributed by atoms with van der Waals surface area (Å²) in [5.74, 6) is -0.863. The summed E-state index contributed by atoms with van der Waals surface area (Å²) in [6.45, 7) is 6.66. The normalized spacial score (nSPS) is 12.1. The first-order valence-corrected chi connectivity index (χ1v) is 30.3. The van der Waals surface area contributed by atoms with Gasteiger partial charge in [0.2, 0.25) is 0 Å². The SMILES string of the molecule is CCCCC/C=C\CCCCCCCC(=O)OCC(COC(=O)CCCCCCCCCCCCCCCCCCCCCC)OC(=O)CCCCCCCCC/C=C\CCCCCCCCC. The van der Waals surface area contributed by atoms with E-state index in [0.717, 1.165) is 64.2 Å². The zero-order valence-electron chi connectivity index (χ0n) is 45.9. The van der Waals surface area contributed by atoms with Gasteiger partial charge in [-0.1, -0.05) is 270 Å². The van der Waals surface area contributed by atoms with Gasteiger partial charge in [-0.2, -0.15) is 0 Å². The molecule has 0 aromatic rings. The Morgan fingerprint density at radius 1 is 0.279 bits per heavy atom. The van der Waals surface area contributed by atoms with Crippen molar-refractivity contribution in [3.05, 3.63) is 24.3 Å². The lowest BCUT2D eigenvalue weighted by molar-refractivity contribution is -0.167. The van der Waals surface area contributed by atoms with Crippen molar-refractivity contribution in [2.75, 3.05) is 13.2 Å². The molecule has 6 heteroatoms. The molecule has 0 aromatic heterocycles. The molecule has 0 heterocycles. The van der Waals surface area contributed by atoms with E-state index in [-0.39, 0.29) is 31.1 Å². The molecule has 0 saturated carbocycles. The van der Waals surface area contributed by atoms with Crippen LogP contribution in [-0.4, -0.2) is 37.2 Å². The predicted molar refractivity (Wildman–Crippen MR) is 293 cm³/mol. The number of hydrogen-bond donors (Lipinski definition) is 0. The van der Waals surface area contributed by atoms with E-state index in [9.17, 15) is 14.4 Å². The molecule has 1 atom stereocenters. The van der Waals surface area contributed by atoms with E-state index in [2.05, 4.69) is 45.1 Å². The van der Waals surface area contributed by atoms with Crippen molar-refractivity contribution < 1.29 is 28.6 Å². The minimum atomic E-state index is -0.773. The Balaban J connectivity index is 4.28. The molecule has 1 unspecified atom stereocenters. The maximum atomic E-state index is 12.9. The largest absolute Gasteiger partial charge is 0.462 e. The van der Waals surface area contributed by atoms with Crippen molar-refractivity contribution in [3.63, 3.8) is 0 Å². The summed E-state index contributed by atoms with van der Waals surface area (Å²) in [6.07, 6.45) is 67.5. The number of rotatable bonds is 56. The number of ether oxygens (including phenoxy) is 3. The summed E-state index contributed by atoms with van der Waals surface area (Å²) >= 11 is 0. The monoisotopic (exact) mass is 957 g/mol. The highest BCUT2D eigenvalue weighted by Gasteiger charge is 2.19. The molecule has 0 saturated heterocycles. The van der Waals surface area contributed by atoms with Crippen molar-refractivity contribution in [2.24, 2.45) is 0 Å². The Bertz CT molecular complexity index is 1100. The lowest BCUT2D eigenvalue weighted by Crippen LogP contribution is -2.30. The molecule has 68 heavy (non-hydrogen) atoms. The van der Waals surface area contributed by atoms with E-state index in [4.69, 9.17) is 14.2 Å². The Kier molecular flexibility index (Phi) is 55.7. The summed E-state index contributed by atoms with van der Waals surface area (Å²) in [5.41, 5.74) is 0. The van der Waals surface area contributed by atoms with E-state index in [0.29, 0.717) is 19.3 Å². The Morgan fingerprint density at radius 2 is 0.485 bits per heavy atom. The van der Waals surface area contributed by atoms with Crippen molar-refractivity contribution in [3.8, 4) is 0 Å². The van der Waals surface area contributed by atoms with Gasteiger partial charge in [0.05, 0.1) is 0 Å². The van der Waals surface area contributed by atoms with Gasteiger partial charge in [-0.15, -0.1) is 0 Å². The fraction of sp³-hybridized carbons (Fsp3) is 0.887. The Labute approximate surface area is 423 Å². The summed E-state index contributed by atoms with van der Waals surface area (Å²) in [5, 5.41) is 0. The highest BCUT2D eigenvalue weighted by atomic mass is 16.6. The van der Waals surface area contributed by atoms with Crippen LogP contribution in [0.1, 0.15) is 335 Å². The van der Waals surface area contributed by atoms with Crippen LogP contribution in [0.4, 0.5) is 0 Å². The zero-order valence-corrected chi connectivity index (χ0v) is 45.9. The Hall–Kier alpha value is -2.11. The molecule has 0 fully saturated rings. The molecule has 6 nitrogen and oxygen atoms in total. The van der Waals surface area contributed by atoms with Gasteiger partial charge in [0.1, 0.15) is 13.2 Å². The first-order chi connectivity index (χ1) is 33.5. The van der Waals surface area contributed by atoms with Crippen LogP contribution in [0.3, 0.4) is 0 Å². The summed E-state index contributed by atoms with van der Waals surface area (Å²) in [7, 11) is 0. The van der Waals surface area contributed by atoms with Crippen LogP contribution < -0.4 is 0 Å². The Morgan fingerprint density at radius 3 is 0.765 bits per heavy atom. The third-order valence-electron chi connectivity index (χ3n) is 13.7. The maximum absolute atomic E-state index is 12.9. The van der Waals surface area contributed by atoms with Crippen LogP contribution in [0.5, 0.6) is 0 Å². The quantitative estimate of drug-likeness (QED) is 0.0262. The fourth-order valence-corrected chi connectivity index (χ4v) is 9.08. The third-order valence-corrected chi connectivity index (χ3v) is 13.7. The number of carbonyl (C=O) groups excluding carboxylic acids is 3. The second kappa shape index (κ2) is 57.5. The van der Waals surface area contributed by atoms with Gasteiger partial charge in [0, 0.05) is 19.3 Å². The van der Waals surface area contributed by atoms with E-state index in [1.54, 1.807) is 0 Å². The molecule has 0 aliphatic carbocycles. The molecular formula is C62H116O6. The molecule has 0 bridgehead atoms. The smallest absolute Gasteiger partial charge is 0.306 e. The van der Waals surface area contributed by atoms with E-state index >= 15 is 0 Å². The van der Waals surface area contributed by atoms with Gasteiger partial charge in [-0.3, -0.25) is 14.4 Å². The van der Waals surface area contributed by atoms with Crippen molar-refractivity contribution >= 4 is 17.9 Å². The second-order valence-electron chi connectivity index (χ2n) is 20.6. The standard InChI is InChI=1S/C62H116O6/c1-4-7-10-13-16-19-22-25-27-29-31-32-34-35-37-40-43-46-49-52-55-61(64)67-58-59(57-66-60(63)54-51-48-45-42-39-24-21-18-15-12-9-6-3)68-62(65)56-53-50-47-44-41-38-36-33-30-28-26-23-20-17-14-11-8-5-2/h18,21,28,30,59H,4-17,19-20,22-27,29,31-58H2,1-3H3/b21-18-,30-28-. The van der Waals surface area contributed by atoms with Crippen LogP contribution in [-0.2, 0) is 28.6 Å². The highest BCUT2D eigenvalue weighted by molar-refractivity contribution is 5.71. The molecule has 0 spiro atoms. The molecule has 400 valence electrons. The first-order valence-electron chi connectivity index (χ1n) is 30.3. The van der Waals surface area contributed by atoms with Gasteiger partial charge in [0.15, 0.2) is 6.10 Å². The van der Waals surface area contributed by atoms with Crippen LogP contribution >= 0.6 is 0 Å². The number of hydrogen-bond acceptors (Lipinski definition) is 6. The first kappa shape index (κ1) is 65.9. The van der Waals surface area contributed by atoms with Crippen molar-refractivity contribution in [2.45, 2.75) is 341 Å². The predicted octanol–water partition coefficient (Wildman–Crippen LogP) is 20.3. The van der Waals surface area contributed by atoms with Gasteiger partial charge in [-0.25, -0.2) is 0 Å². The van der Waals surface area contributed by atoms with Gasteiger partial charge in [-0.05, 0) is 70.6 Å². The molecule has 0 radical (unpaired) electrons. The summed E-state index contributed by atoms with van der Waals surface area (Å²) in [4.78, 5) is 38.2. The zero-order chi connectivity index (χ0) is 49.3. The molecule has 0 amide bonds. The van der Waals surface area contributed by atoms with E-state index in [1.165, 1.54) is 231 Å². The van der Waals surface area contributed by atoms with Crippen LogP contribution in [0, 0.1) is 0 Å².